The van der Waals surface area contributed by atoms with Crippen molar-refractivity contribution in [3.05, 3.63) is 50.7 Å². The summed E-state index contributed by atoms with van der Waals surface area (Å²) in [5.41, 5.74) is 1.93. The van der Waals surface area contributed by atoms with E-state index in [9.17, 15) is 4.39 Å². The Hall–Kier alpha value is -0.970. The molecule has 1 aromatic carbocycles. The fourth-order valence-corrected chi connectivity index (χ4v) is 2.89. The van der Waals surface area contributed by atoms with Gasteiger partial charge >= 0.3 is 0 Å². The highest BCUT2D eigenvalue weighted by atomic mass is 35.5. The first kappa shape index (κ1) is 14.4. The predicted octanol–water partition coefficient (Wildman–Crippen LogP) is 4.14. The van der Waals surface area contributed by atoms with Crippen molar-refractivity contribution >= 4 is 22.9 Å². The molecule has 1 unspecified atom stereocenters. The van der Waals surface area contributed by atoms with Crippen molar-refractivity contribution in [1.29, 1.82) is 0 Å². The Labute approximate surface area is 121 Å². The van der Waals surface area contributed by atoms with Crippen LogP contribution in [-0.4, -0.2) is 11.5 Å². The van der Waals surface area contributed by atoms with Crippen LogP contribution in [0.25, 0.3) is 0 Å². The number of hydrogen-bond acceptors (Lipinski definition) is 3. The highest BCUT2D eigenvalue weighted by Crippen LogP contribution is 2.24. The van der Waals surface area contributed by atoms with Crippen LogP contribution < -0.4 is 5.32 Å². The lowest BCUT2D eigenvalue weighted by atomic mass is 10.0. The molecule has 102 valence electrons. The Morgan fingerprint density at radius 1 is 1.47 bits per heavy atom. The smallest absolute Gasteiger partial charge is 0.142 e. The van der Waals surface area contributed by atoms with Crippen molar-refractivity contribution in [2.45, 2.75) is 26.3 Å². The molecule has 2 aromatic rings. The lowest BCUT2D eigenvalue weighted by Gasteiger charge is -2.17. The predicted molar refractivity (Wildman–Crippen MR) is 78.4 cm³/mol. The van der Waals surface area contributed by atoms with Crippen molar-refractivity contribution in [3.8, 4) is 0 Å². The Balaban J connectivity index is 2.21. The van der Waals surface area contributed by atoms with E-state index in [-0.39, 0.29) is 16.9 Å². The first-order chi connectivity index (χ1) is 9.10. The fourth-order valence-electron chi connectivity index (χ4n) is 1.95. The van der Waals surface area contributed by atoms with Crippen LogP contribution in [0, 0.1) is 12.7 Å². The number of thiazole rings is 1. The minimum atomic E-state index is -0.377. The van der Waals surface area contributed by atoms with Crippen molar-refractivity contribution in [1.82, 2.24) is 10.3 Å². The highest BCUT2D eigenvalue weighted by molar-refractivity contribution is 7.09. The molecule has 2 rings (SSSR count). The van der Waals surface area contributed by atoms with Crippen molar-refractivity contribution in [2.24, 2.45) is 0 Å². The van der Waals surface area contributed by atoms with Gasteiger partial charge in [-0.3, -0.25) is 0 Å². The number of likely N-dealkylation sites (N-methyl/N-ethyl adjacent to an activating group) is 1. The van der Waals surface area contributed by atoms with E-state index in [2.05, 4.69) is 10.3 Å². The van der Waals surface area contributed by atoms with Gasteiger partial charge in [0.05, 0.1) is 10.0 Å². The summed E-state index contributed by atoms with van der Waals surface area (Å²) in [6, 6.07) is 5.02. The average molecular weight is 299 g/mol. The van der Waals surface area contributed by atoms with Crippen molar-refractivity contribution in [2.75, 3.05) is 6.54 Å². The van der Waals surface area contributed by atoms with Gasteiger partial charge in [-0.1, -0.05) is 24.6 Å². The molecule has 0 bridgehead atoms. The fraction of sp³-hybridized carbons (Fsp3) is 0.357. The topological polar surface area (TPSA) is 24.9 Å². The van der Waals surface area contributed by atoms with Gasteiger partial charge in [0.1, 0.15) is 5.82 Å². The molecule has 1 N–H and O–H groups in total. The van der Waals surface area contributed by atoms with Gasteiger partial charge in [0.2, 0.25) is 0 Å². The summed E-state index contributed by atoms with van der Waals surface area (Å²) in [6.45, 7) is 4.83. The number of benzene rings is 1. The molecule has 19 heavy (non-hydrogen) atoms. The van der Waals surface area contributed by atoms with E-state index >= 15 is 0 Å². The first-order valence-corrected chi connectivity index (χ1v) is 7.45. The molecule has 0 aliphatic rings. The zero-order chi connectivity index (χ0) is 13.8. The largest absolute Gasteiger partial charge is 0.310 e. The molecular weight excluding hydrogens is 283 g/mol. The maximum atomic E-state index is 13.5. The van der Waals surface area contributed by atoms with Gasteiger partial charge in [0, 0.05) is 23.5 Å². The van der Waals surface area contributed by atoms with Crippen LogP contribution >= 0.6 is 22.9 Å². The van der Waals surface area contributed by atoms with Gasteiger partial charge in [-0.05, 0) is 31.2 Å². The van der Waals surface area contributed by atoms with Crippen LogP contribution in [-0.2, 0) is 6.42 Å². The molecule has 0 amide bonds. The van der Waals surface area contributed by atoms with Crippen molar-refractivity contribution in [3.63, 3.8) is 0 Å². The van der Waals surface area contributed by atoms with Gasteiger partial charge in [-0.25, -0.2) is 9.37 Å². The molecular formula is C14H16ClFN2S. The Kier molecular flexibility index (Phi) is 4.91. The van der Waals surface area contributed by atoms with E-state index in [4.69, 9.17) is 11.6 Å². The minimum absolute atomic E-state index is 0.0577. The second-order valence-electron chi connectivity index (χ2n) is 4.37. The summed E-state index contributed by atoms with van der Waals surface area (Å²) in [6.07, 6.45) is 0.757. The molecule has 1 aromatic heterocycles. The molecule has 0 radical (unpaired) electrons. The lowest BCUT2D eigenvalue weighted by molar-refractivity contribution is 0.541. The van der Waals surface area contributed by atoms with Gasteiger partial charge in [-0.15, -0.1) is 11.3 Å². The quantitative estimate of drug-likeness (QED) is 0.897. The summed E-state index contributed by atoms with van der Waals surface area (Å²) in [5, 5.41) is 6.60. The molecule has 2 nitrogen and oxygen atoms in total. The van der Waals surface area contributed by atoms with E-state index in [1.165, 1.54) is 6.07 Å². The van der Waals surface area contributed by atoms with E-state index in [1.807, 2.05) is 25.3 Å². The summed E-state index contributed by atoms with van der Waals surface area (Å²) in [4.78, 5) is 4.46. The Morgan fingerprint density at radius 3 is 2.84 bits per heavy atom. The minimum Gasteiger partial charge on any atom is -0.310 e. The maximum absolute atomic E-state index is 13.5. The standard InChI is InChI=1S/C14H16ClFN2S/c1-3-17-13(7-14-18-9(2)8-19-14)10-4-5-11(15)12(16)6-10/h4-6,8,13,17H,3,7H2,1-2H3. The van der Waals surface area contributed by atoms with E-state index in [0.29, 0.717) is 0 Å². The third-order valence-corrected chi connectivity index (χ3v) is 4.14. The zero-order valence-electron chi connectivity index (χ0n) is 10.9. The summed E-state index contributed by atoms with van der Waals surface area (Å²) in [5.74, 6) is -0.377. The maximum Gasteiger partial charge on any atom is 0.142 e. The van der Waals surface area contributed by atoms with Gasteiger partial charge in [-0.2, -0.15) is 0 Å². The van der Waals surface area contributed by atoms with Crippen LogP contribution in [0.2, 0.25) is 5.02 Å². The zero-order valence-corrected chi connectivity index (χ0v) is 12.5. The molecule has 0 fully saturated rings. The molecule has 5 heteroatoms. The molecule has 0 aliphatic carbocycles. The van der Waals surface area contributed by atoms with Gasteiger partial charge in [0.25, 0.3) is 0 Å². The second-order valence-corrected chi connectivity index (χ2v) is 5.72. The number of halogens is 2. The summed E-state index contributed by atoms with van der Waals surface area (Å²) in [7, 11) is 0. The third-order valence-electron chi connectivity index (χ3n) is 2.84. The number of nitrogens with zero attached hydrogens (tertiary/aromatic N) is 1. The van der Waals surface area contributed by atoms with Gasteiger partial charge in [0.15, 0.2) is 0 Å². The molecule has 0 saturated heterocycles. The molecule has 0 aliphatic heterocycles. The Bertz CT molecular complexity index is 556. The first-order valence-electron chi connectivity index (χ1n) is 6.19. The monoisotopic (exact) mass is 298 g/mol. The molecule has 1 atom stereocenters. The third kappa shape index (κ3) is 3.75. The van der Waals surface area contributed by atoms with E-state index in [1.54, 1.807) is 17.4 Å². The molecule has 1 heterocycles. The molecule has 0 spiro atoms. The number of aromatic nitrogens is 1. The average Bonchev–Trinajstić information content (AvgIpc) is 2.78. The summed E-state index contributed by atoms with van der Waals surface area (Å²) < 4.78 is 13.5. The number of rotatable bonds is 5. The summed E-state index contributed by atoms with van der Waals surface area (Å²) >= 11 is 7.36. The highest BCUT2D eigenvalue weighted by Gasteiger charge is 2.14. The van der Waals surface area contributed by atoms with Gasteiger partial charge < -0.3 is 5.32 Å². The normalized spacial score (nSPS) is 12.6. The van der Waals surface area contributed by atoms with E-state index < -0.39 is 0 Å². The number of hydrogen-bond donors (Lipinski definition) is 1. The van der Waals surface area contributed by atoms with Crippen LogP contribution in [0.5, 0.6) is 0 Å². The second kappa shape index (κ2) is 6.46. The SMILES string of the molecule is CCNC(Cc1nc(C)cs1)c1ccc(Cl)c(F)c1. The van der Waals surface area contributed by atoms with Crippen LogP contribution in [0.1, 0.15) is 29.2 Å². The Morgan fingerprint density at radius 2 is 2.26 bits per heavy atom. The number of aryl methyl sites for hydroxylation is 1. The van der Waals surface area contributed by atoms with Crippen molar-refractivity contribution < 1.29 is 4.39 Å². The number of nitrogens with one attached hydrogen (secondary N) is 1. The van der Waals surface area contributed by atoms with Crippen LogP contribution in [0.15, 0.2) is 23.6 Å². The van der Waals surface area contributed by atoms with Crippen LogP contribution in [0.3, 0.4) is 0 Å². The lowest BCUT2D eigenvalue weighted by Crippen LogP contribution is -2.23. The van der Waals surface area contributed by atoms with Crippen LogP contribution in [0.4, 0.5) is 4.39 Å². The van der Waals surface area contributed by atoms with E-state index in [0.717, 1.165) is 29.2 Å². The molecule has 0 saturated carbocycles.